The van der Waals surface area contributed by atoms with Crippen molar-refractivity contribution in [3.05, 3.63) is 34.4 Å². The van der Waals surface area contributed by atoms with E-state index < -0.39 is 5.97 Å². The summed E-state index contributed by atoms with van der Waals surface area (Å²) >= 11 is 3.07. The van der Waals surface area contributed by atoms with Gasteiger partial charge in [0.2, 0.25) is 0 Å². The van der Waals surface area contributed by atoms with E-state index in [0.717, 1.165) is 0 Å². The third kappa shape index (κ3) is 2.26. The van der Waals surface area contributed by atoms with Crippen molar-refractivity contribution in [2.45, 2.75) is 13.8 Å². The van der Waals surface area contributed by atoms with Gasteiger partial charge in [0.15, 0.2) is 5.78 Å². The molecule has 0 radical (unpaired) electrons. The van der Waals surface area contributed by atoms with Gasteiger partial charge in [0.1, 0.15) is 0 Å². The van der Waals surface area contributed by atoms with E-state index >= 15 is 0 Å². The molecule has 0 aromatic heterocycles. The maximum Gasteiger partial charge on any atom is 0.336 e. The van der Waals surface area contributed by atoms with Crippen molar-refractivity contribution in [1.82, 2.24) is 0 Å². The Morgan fingerprint density at radius 3 is 2.40 bits per heavy atom. The minimum Gasteiger partial charge on any atom is -0.478 e. The molecule has 0 aliphatic heterocycles. The van der Waals surface area contributed by atoms with E-state index in [2.05, 4.69) is 15.9 Å². The van der Waals surface area contributed by atoms with E-state index in [1.807, 2.05) is 0 Å². The number of ketones is 1. The molecule has 0 aliphatic rings. The van der Waals surface area contributed by atoms with Gasteiger partial charge in [-0.1, -0.05) is 28.1 Å². The molecule has 0 amide bonds. The Morgan fingerprint density at radius 1 is 1.33 bits per heavy atom. The first-order valence-corrected chi connectivity index (χ1v) is 5.53. The maximum atomic E-state index is 11.5. The molecular weight excluding hydrogens is 260 g/mol. The zero-order chi connectivity index (χ0) is 11.6. The van der Waals surface area contributed by atoms with Crippen LogP contribution in [0.2, 0.25) is 0 Å². The van der Waals surface area contributed by atoms with Gasteiger partial charge < -0.3 is 5.11 Å². The second-order valence-corrected chi connectivity index (χ2v) is 3.85. The van der Waals surface area contributed by atoms with Crippen LogP contribution in [0.5, 0.6) is 0 Å². The Kier molecular flexibility index (Phi) is 3.63. The number of benzene rings is 1. The van der Waals surface area contributed by atoms with Crippen molar-refractivity contribution in [2.24, 2.45) is 0 Å². The first kappa shape index (κ1) is 11.9. The van der Waals surface area contributed by atoms with E-state index in [0.29, 0.717) is 16.7 Å². The largest absolute Gasteiger partial charge is 0.478 e. The van der Waals surface area contributed by atoms with Crippen molar-refractivity contribution in [3.63, 3.8) is 0 Å². The van der Waals surface area contributed by atoms with E-state index in [1.165, 1.54) is 0 Å². The number of hydrogen-bond acceptors (Lipinski definition) is 2. The molecule has 0 bridgehead atoms. The number of hydrogen-bond donors (Lipinski definition) is 1. The number of carbonyl (C=O) groups excluding carboxylic acids is 1. The average Bonchev–Trinajstić information content (AvgIpc) is 2.16. The van der Waals surface area contributed by atoms with Crippen LogP contribution >= 0.6 is 15.9 Å². The molecule has 0 fully saturated rings. The van der Waals surface area contributed by atoms with Crippen molar-refractivity contribution in [2.75, 3.05) is 5.33 Å². The van der Waals surface area contributed by atoms with Gasteiger partial charge >= 0.3 is 5.97 Å². The van der Waals surface area contributed by atoms with E-state index in [1.54, 1.807) is 26.0 Å². The topological polar surface area (TPSA) is 54.4 Å². The fourth-order valence-electron chi connectivity index (χ4n) is 1.55. The highest BCUT2D eigenvalue weighted by atomic mass is 79.9. The SMILES string of the molecule is Cc1ccc(C(=O)CBr)c(C)c1C(=O)O. The van der Waals surface area contributed by atoms with Gasteiger partial charge in [-0.05, 0) is 25.0 Å². The molecule has 1 rings (SSSR count). The Hall–Kier alpha value is -1.16. The second-order valence-electron chi connectivity index (χ2n) is 3.29. The minimum atomic E-state index is -0.991. The highest BCUT2D eigenvalue weighted by Crippen LogP contribution is 2.19. The lowest BCUT2D eigenvalue weighted by molar-refractivity contribution is 0.0695. The molecule has 0 unspecified atom stereocenters. The predicted octanol–water partition coefficient (Wildman–Crippen LogP) is 2.58. The standard InChI is InChI=1S/C11H11BrO3/c1-6-3-4-8(9(13)5-12)7(2)10(6)11(14)15/h3-4H,5H2,1-2H3,(H,14,15). The average molecular weight is 271 g/mol. The van der Waals surface area contributed by atoms with Crippen LogP contribution in [0.15, 0.2) is 12.1 Å². The number of carboxylic acid groups (broad SMARTS) is 1. The summed E-state index contributed by atoms with van der Waals surface area (Å²) in [5.74, 6) is -1.09. The summed E-state index contributed by atoms with van der Waals surface area (Å²) in [7, 11) is 0. The predicted molar refractivity (Wildman–Crippen MR) is 61.0 cm³/mol. The second kappa shape index (κ2) is 4.57. The van der Waals surface area contributed by atoms with Crippen molar-refractivity contribution in [3.8, 4) is 0 Å². The van der Waals surface area contributed by atoms with E-state index in [4.69, 9.17) is 5.11 Å². The number of Topliss-reactive ketones (excluding diaryl/α,β-unsaturated/α-hetero) is 1. The number of rotatable bonds is 3. The Balaban J connectivity index is 3.41. The Morgan fingerprint density at radius 2 is 1.93 bits per heavy atom. The fraction of sp³-hybridized carbons (Fsp3) is 0.273. The third-order valence-corrected chi connectivity index (χ3v) is 2.82. The number of alkyl halides is 1. The third-order valence-electron chi connectivity index (χ3n) is 2.31. The smallest absolute Gasteiger partial charge is 0.336 e. The summed E-state index contributed by atoms with van der Waals surface area (Å²) in [6, 6.07) is 3.33. The van der Waals surface area contributed by atoms with Crippen LogP contribution in [-0.2, 0) is 0 Å². The van der Waals surface area contributed by atoms with Crippen molar-refractivity contribution >= 4 is 27.7 Å². The summed E-state index contributed by atoms with van der Waals surface area (Å²) in [6.45, 7) is 3.38. The number of aromatic carboxylic acids is 1. The van der Waals surface area contributed by atoms with Gasteiger partial charge in [0.05, 0.1) is 10.9 Å². The number of carbonyl (C=O) groups is 2. The normalized spacial score (nSPS) is 10.1. The molecule has 0 atom stereocenters. The molecular formula is C11H11BrO3. The monoisotopic (exact) mass is 270 g/mol. The lowest BCUT2D eigenvalue weighted by Crippen LogP contribution is -2.10. The number of halogens is 1. The molecule has 3 nitrogen and oxygen atoms in total. The summed E-state index contributed by atoms with van der Waals surface area (Å²) in [6.07, 6.45) is 0. The minimum absolute atomic E-state index is 0.102. The molecule has 1 N–H and O–H groups in total. The number of carboxylic acids is 1. The zero-order valence-electron chi connectivity index (χ0n) is 8.50. The first-order chi connectivity index (χ1) is 6.99. The highest BCUT2D eigenvalue weighted by Gasteiger charge is 2.16. The molecule has 0 heterocycles. The Labute approximate surface area is 96.2 Å². The summed E-state index contributed by atoms with van der Waals surface area (Å²) < 4.78 is 0. The molecule has 0 saturated heterocycles. The van der Waals surface area contributed by atoms with E-state index in [9.17, 15) is 9.59 Å². The highest BCUT2D eigenvalue weighted by molar-refractivity contribution is 9.09. The lowest BCUT2D eigenvalue weighted by atomic mass is 9.96. The van der Waals surface area contributed by atoms with Crippen molar-refractivity contribution < 1.29 is 14.7 Å². The molecule has 0 aliphatic carbocycles. The van der Waals surface area contributed by atoms with Crippen LogP contribution in [0, 0.1) is 13.8 Å². The van der Waals surface area contributed by atoms with Crippen LogP contribution in [0.25, 0.3) is 0 Å². The van der Waals surface area contributed by atoms with Crippen molar-refractivity contribution in [1.29, 1.82) is 0 Å². The van der Waals surface area contributed by atoms with Crippen LogP contribution in [0.1, 0.15) is 31.8 Å². The molecule has 0 saturated carbocycles. The van der Waals surface area contributed by atoms with Crippen LogP contribution in [0.3, 0.4) is 0 Å². The molecule has 80 valence electrons. The zero-order valence-corrected chi connectivity index (χ0v) is 10.1. The van der Waals surface area contributed by atoms with Crippen LogP contribution in [-0.4, -0.2) is 22.2 Å². The van der Waals surface area contributed by atoms with Gasteiger partial charge in [-0.3, -0.25) is 4.79 Å². The van der Waals surface area contributed by atoms with Gasteiger partial charge in [-0.25, -0.2) is 4.79 Å². The Bertz CT molecular complexity index is 424. The molecule has 1 aromatic rings. The van der Waals surface area contributed by atoms with E-state index in [-0.39, 0.29) is 16.7 Å². The molecule has 0 spiro atoms. The van der Waals surface area contributed by atoms with Gasteiger partial charge in [0, 0.05) is 5.56 Å². The van der Waals surface area contributed by atoms with Gasteiger partial charge in [-0.15, -0.1) is 0 Å². The van der Waals surface area contributed by atoms with Gasteiger partial charge in [0.25, 0.3) is 0 Å². The fourth-order valence-corrected chi connectivity index (χ4v) is 1.85. The molecule has 4 heteroatoms. The summed E-state index contributed by atoms with van der Waals surface area (Å²) in [4.78, 5) is 22.5. The quantitative estimate of drug-likeness (QED) is 0.679. The van der Waals surface area contributed by atoms with Crippen LogP contribution in [0.4, 0.5) is 0 Å². The first-order valence-electron chi connectivity index (χ1n) is 4.41. The molecule has 15 heavy (non-hydrogen) atoms. The number of aryl methyl sites for hydroxylation is 1. The summed E-state index contributed by atoms with van der Waals surface area (Å²) in [5.41, 5.74) is 1.90. The molecule has 1 aromatic carbocycles. The lowest BCUT2D eigenvalue weighted by Gasteiger charge is -2.09. The maximum absolute atomic E-state index is 11.5. The van der Waals surface area contributed by atoms with Gasteiger partial charge in [-0.2, -0.15) is 0 Å². The summed E-state index contributed by atoms with van der Waals surface area (Å²) in [5, 5.41) is 9.21. The van der Waals surface area contributed by atoms with Crippen LogP contribution < -0.4 is 0 Å².